The molecule has 1 aromatic carbocycles. The summed E-state index contributed by atoms with van der Waals surface area (Å²) in [5.74, 6) is 2.27. The van der Waals surface area contributed by atoms with Gasteiger partial charge in [0.25, 0.3) is 5.91 Å². The number of amides is 1. The molecule has 0 spiro atoms. The highest BCUT2D eigenvalue weighted by Gasteiger charge is 2.22. The highest BCUT2D eigenvalue weighted by Crippen LogP contribution is 2.27. The van der Waals surface area contributed by atoms with E-state index in [0.717, 1.165) is 33.4 Å². The number of nitrogens with one attached hydrogen (secondary N) is 1. The maximum Gasteiger partial charge on any atom is 0.277 e. The van der Waals surface area contributed by atoms with Crippen LogP contribution in [0.2, 0.25) is 0 Å². The largest absolute Gasteiger partial charge is 0.394 e. The molecule has 2 N–H and O–H groups in total. The van der Waals surface area contributed by atoms with Crippen molar-refractivity contribution in [3.05, 3.63) is 64.5 Å². The molecule has 3 aromatic rings. The number of aryl methyl sites for hydroxylation is 2. The molecule has 0 fully saturated rings. The Morgan fingerprint density at radius 3 is 2.93 bits per heavy atom. The number of aliphatic hydroxyl groups excluding tert-OH is 1. The summed E-state index contributed by atoms with van der Waals surface area (Å²) in [4.78, 5) is 22.2. The first-order valence-electron chi connectivity index (χ1n) is 8.58. The summed E-state index contributed by atoms with van der Waals surface area (Å²) in [7, 11) is 1.89. The smallest absolute Gasteiger partial charge is 0.277 e. The average Bonchev–Trinajstić information content (AvgIpc) is 2.95. The summed E-state index contributed by atoms with van der Waals surface area (Å²) in [5.41, 5.74) is 7.42. The van der Waals surface area contributed by atoms with Gasteiger partial charge in [0.05, 0.1) is 18.8 Å². The zero-order chi connectivity index (χ0) is 19.4. The summed E-state index contributed by atoms with van der Waals surface area (Å²) in [5, 5.41) is 9.59. The van der Waals surface area contributed by atoms with Gasteiger partial charge >= 0.3 is 0 Å². The lowest BCUT2D eigenvalue weighted by molar-refractivity contribution is 0.0169. The highest BCUT2D eigenvalue weighted by molar-refractivity contribution is 6.07. The number of benzene rings is 1. The molecule has 3 rings (SSSR count). The fourth-order valence-electron chi connectivity index (χ4n) is 3.15. The van der Waals surface area contributed by atoms with Crippen molar-refractivity contribution in [2.75, 3.05) is 13.2 Å². The minimum Gasteiger partial charge on any atom is -0.394 e. The third-order valence-electron chi connectivity index (χ3n) is 4.52. The number of aromatic nitrogens is 2. The van der Waals surface area contributed by atoms with Crippen LogP contribution in [0.5, 0.6) is 0 Å². The minimum absolute atomic E-state index is 0.0246. The van der Waals surface area contributed by atoms with Gasteiger partial charge in [-0.25, -0.2) is 10.5 Å². The van der Waals surface area contributed by atoms with Crippen LogP contribution in [0.25, 0.3) is 11.0 Å². The number of hydroxylamine groups is 1. The number of pyridine rings is 1. The van der Waals surface area contributed by atoms with Gasteiger partial charge in [-0.15, -0.1) is 6.42 Å². The second-order valence-corrected chi connectivity index (χ2v) is 6.22. The van der Waals surface area contributed by atoms with Gasteiger partial charge in [0.2, 0.25) is 0 Å². The van der Waals surface area contributed by atoms with Crippen molar-refractivity contribution < 1.29 is 14.7 Å². The van der Waals surface area contributed by atoms with Crippen molar-refractivity contribution in [3.63, 3.8) is 0 Å². The molecule has 0 aliphatic carbocycles. The van der Waals surface area contributed by atoms with E-state index < -0.39 is 0 Å². The summed E-state index contributed by atoms with van der Waals surface area (Å²) < 4.78 is 1.92. The van der Waals surface area contributed by atoms with Gasteiger partial charge in [0.15, 0.2) is 0 Å². The summed E-state index contributed by atoms with van der Waals surface area (Å²) in [6, 6.07) is 9.50. The van der Waals surface area contributed by atoms with Gasteiger partial charge in [-0.05, 0) is 42.3 Å². The van der Waals surface area contributed by atoms with Crippen molar-refractivity contribution in [2.45, 2.75) is 13.3 Å². The summed E-state index contributed by atoms with van der Waals surface area (Å²) >= 11 is 0. The molecular formula is C21H21N3O3. The maximum atomic E-state index is 12.8. The van der Waals surface area contributed by atoms with Gasteiger partial charge in [0, 0.05) is 36.3 Å². The predicted octanol–water partition coefficient (Wildman–Crippen LogP) is 2.11. The molecule has 0 saturated heterocycles. The van der Waals surface area contributed by atoms with E-state index in [9.17, 15) is 4.79 Å². The van der Waals surface area contributed by atoms with Crippen molar-refractivity contribution in [3.8, 4) is 12.3 Å². The Morgan fingerprint density at radius 1 is 1.41 bits per heavy atom. The molecule has 6 nitrogen and oxygen atoms in total. The van der Waals surface area contributed by atoms with E-state index in [1.54, 1.807) is 12.3 Å². The van der Waals surface area contributed by atoms with Gasteiger partial charge in [0.1, 0.15) is 5.65 Å². The van der Waals surface area contributed by atoms with Crippen LogP contribution in [-0.4, -0.2) is 33.8 Å². The SMILES string of the molecule is C#Cc1ccc(Cc2c(C(=O)NOCCO)c3cccnc3n2C)c(C)c1. The van der Waals surface area contributed by atoms with Crippen molar-refractivity contribution >= 4 is 16.9 Å². The van der Waals surface area contributed by atoms with Gasteiger partial charge < -0.3 is 9.67 Å². The molecule has 0 atom stereocenters. The Kier molecular flexibility index (Phi) is 5.55. The van der Waals surface area contributed by atoms with Gasteiger partial charge in [-0.2, -0.15) is 0 Å². The van der Waals surface area contributed by atoms with E-state index in [-0.39, 0.29) is 19.1 Å². The Balaban J connectivity index is 2.06. The minimum atomic E-state index is -0.366. The van der Waals surface area contributed by atoms with E-state index in [1.165, 1.54) is 0 Å². The van der Waals surface area contributed by atoms with Crippen LogP contribution < -0.4 is 5.48 Å². The lowest BCUT2D eigenvalue weighted by Crippen LogP contribution is -2.26. The van der Waals surface area contributed by atoms with Crippen LogP contribution in [0.4, 0.5) is 0 Å². The molecule has 0 aliphatic heterocycles. The second kappa shape index (κ2) is 8.04. The van der Waals surface area contributed by atoms with E-state index >= 15 is 0 Å². The third-order valence-corrected chi connectivity index (χ3v) is 4.52. The Labute approximate surface area is 157 Å². The molecule has 138 valence electrons. The number of hydrogen-bond donors (Lipinski definition) is 2. The molecule has 2 aromatic heterocycles. The molecule has 0 saturated carbocycles. The molecule has 0 radical (unpaired) electrons. The normalized spacial score (nSPS) is 10.7. The first-order chi connectivity index (χ1) is 13.1. The van der Waals surface area contributed by atoms with Crippen LogP contribution >= 0.6 is 0 Å². The Bertz CT molecular complexity index is 1030. The van der Waals surface area contributed by atoms with Crippen LogP contribution in [0.15, 0.2) is 36.5 Å². The van der Waals surface area contributed by atoms with Gasteiger partial charge in [-0.1, -0.05) is 12.0 Å². The third kappa shape index (κ3) is 3.70. The molecule has 1 amide bonds. The number of terminal acetylenes is 1. The summed E-state index contributed by atoms with van der Waals surface area (Å²) in [6.45, 7) is 1.85. The molecule has 27 heavy (non-hydrogen) atoms. The number of rotatable bonds is 6. The van der Waals surface area contributed by atoms with Crippen LogP contribution in [-0.2, 0) is 18.3 Å². The molecule has 0 aliphatic rings. The quantitative estimate of drug-likeness (QED) is 0.400. The number of hydrogen-bond acceptors (Lipinski definition) is 4. The van der Waals surface area contributed by atoms with Crippen molar-refractivity contribution in [1.29, 1.82) is 0 Å². The zero-order valence-corrected chi connectivity index (χ0v) is 15.3. The second-order valence-electron chi connectivity index (χ2n) is 6.22. The number of nitrogens with zero attached hydrogens (tertiary/aromatic N) is 2. The van der Waals surface area contributed by atoms with Crippen molar-refractivity contribution in [2.24, 2.45) is 7.05 Å². The van der Waals surface area contributed by atoms with Gasteiger partial charge in [-0.3, -0.25) is 9.63 Å². The maximum absolute atomic E-state index is 12.8. The lowest BCUT2D eigenvalue weighted by atomic mass is 9.99. The van der Waals surface area contributed by atoms with Crippen LogP contribution in [0.1, 0.15) is 32.7 Å². The Hall–Kier alpha value is -3.14. The summed E-state index contributed by atoms with van der Waals surface area (Å²) in [6.07, 6.45) is 7.72. The lowest BCUT2D eigenvalue weighted by Gasteiger charge is -2.11. The monoisotopic (exact) mass is 363 g/mol. The van der Waals surface area contributed by atoms with E-state index in [4.69, 9.17) is 16.4 Å². The van der Waals surface area contributed by atoms with Crippen LogP contribution in [0, 0.1) is 19.3 Å². The molecule has 0 bridgehead atoms. The molecule has 0 unspecified atom stereocenters. The first-order valence-corrected chi connectivity index (χ1v) is 8.58. The standard InChI is InChI=1S/C21H21N3O3/c1-4-15-7-8-16(14(2)12-15)13-18-19(21(26)23-27-11-10-25)17-6-5-9-22-20(17)24(18)3/h1,5-9,12,25H,10-11,13H2,2-3H3,(H,23,26). The highest BCUT2D eigenvalue weighted by atomic mass is 16.7. The zero-order valence-electron chi connectivity index (χ0n) is 15.3. The molecule has 6 heteroatoms. The number of fused-ring (bicyclic) bond motifs is 1. The predicted molar refractivity (Wildman–Crippen MR) is 103 cm³/mol. The fraction of sp³-hybridized carbons (Fsp3) is 0.238. The average molecular weight is 363 g/mol. The fourth-order valence-corrected chi connectivity index (χ4v) is 3.15. The van der Waals surface area contributed by atoms with E-state index in [1.807, 2.05) is 42.8 Å². The first kappa shape index (κ1) is 18.6. The van der Waals surface area contributed by atoms with Crippen LogP contribution in [0.3, 0.4) is 0 Å². The van der Waals surface area contributed by atoms with Crippen molar-refractivity contribution in [1.82, 2.24) is 15.0 Å². The Morgan fingerprint density at radius 2 is 2.22 bits per heavy atom. The number of carbonyl (C=O) groups excluding carboxylic acids is 1. The van der Waals surface area contributed by atoms with E-state index in [0.29, 0.717) is 12.0 Å². The molecular weight excluding hydrogens is 342 g/mol. The number of carbonyl (C=O) groups is 1. The number of aliphatic hydroxyl groups is 1. The topological polar surface area (TPSA) is 76.4 Å². The molecule has 2 heterocycles. The van der Waals surface area contributed by atoms with E-state index in [2.05, 4.69) is 16.4 Å².